The van der Waals surface area contributed by atoms with Crippen molar-refractivity contribution in [1.82, 2.24) is 16.0 Å². The lowest BCUT2D eigenvalue weighted by molar-refractivity contribution is -0.147. The van der Waals surface area contributed by atoms with Crippen LogP contribution >= 0.6 is 12.6 Å². The molecule has 0 aliphatic heterocycles. The van der Waals surface area contributed by atoms with E-state index in [1.807, 2.05) is 0 Å². The second-order valence-corrected chi connectivity index (χ2v) is 6.30. The first-order valence-corrected chi connectivity index (χ1v) is 8.85. The number of rotatable bonds is 12. The summed E-state index contributed by atoms with van der Waals surface area (Å²) in [6, 6.07) is -3.62. The van der Waals surface area contributed by atoms with Crippen LogP contribution in [0.2, 0.25) is 0 Å². The van der Waals surface area contributed by atoms with Crippen molar-refractivity contribution in [3.8, 4) is 0 Å². The molecule has 0 saturated carbocycles. The van der Waals surface area contributed by atoms with Gasteiger partial charge in [0.2, 0.25) is 17.7 Å². The second kappa shape index (κ2) is 12.1. The SMILES string of the molecule is CCC(C)C(NC(=O)CNC(=O)C(N)CS)C(=O)NC(CC(=O)O)C(=O)O. The average molecular weight is 406 g/mol. The Balaban J connectivity index is 4.98. The number of carbonyl (C=O) groups is 5. The highest BCUT2D eigenvalue weighted by molar-refractivity contribution is 7.80. The molecular formula is C15H26N4O7S. The molecule has 0 aliphatic carbocycles. The van der Waals surface area contributed by atoms with E-state index in [0.29, 0.717) is 6.42 Å². The molecular weight excluding hydrogens is 380 g/mol. The van der Waals surface area contributed by atoms with Gasteiger partial charge in [-0.2, -0.15) is 12.6 Å². The fraction of sp³-hybridized carbons (Fsp3) is 0.667. The van der Waals surface area contributed by atoms with Gasteiger partial charge in [-0.25, -0.2) is 4.79 Å². The minimum Gasteiger partial charge on any atom is -0.481 e. The zero-order valence-corrected chi connectivity index (χ0v) is 16.0. The van der Waals surface area contributed by atoms with Gasteiger partial charge >= 0.3 is 11.9 Å². The number of hydrogen-bond acceptors (Lipinski definition) is 7. The molecule has 0 heterocycles. The van der Waals surface area contributed by atoms with E-state index in [4.69, 9.17) is 15.9 Å². The molecule has 0 saturated heterocycles. The van der Waals surface area contributed by atoms with Crippen molar-refractivity contribution in [2.45, 2.75) is 44.8 Å². The predicted octanol–water partition coefficient (Wildman–Crippen LogP) is -2.07. The maximum Gasteiger partial charge on any atom is 0.326 e. The van der Waals surface area contributed by atoms with Crippen LogP contribution in [-0.2, 0) is 24.0 Å². The Morgan fingerprint density at radius 1 is 1.07 bits per heavy atom. The van der Waals surface area contributed by atoms with Crippen LogP contribution in [0, 0.1) is 5.92 Å². The standard InChI is InChI=1S/C15H26N4O7S/c1-3-7(2)12(14(24)18-9(15(25)26)4-11(21)22)19-10(20)5-17-13(23)8(16)6-27/h7-9,12,27H,3-6,16H2,1-2H3,(H,17,23)(H,18,24)(H,19,20)(H,21,22)(H,25,26). The Morgan fingerprint density at radius 2 is 1.67 bits per heavy atom. The number of hydrogen-bond donors (Lipinski definition) is 7. The van der Waals surface area contributed by atoms with Crippen LogP contribution in [0.3, 0.4) is 0 Å². The van der Waals surface area contributed by atoms with E-state index in [2.05, 4.69) is 28.6 Å². The van der Waals surface area contributed by atoms with Crippen LogP contribution in [0.25, 0.3) is 0 Å². The lowest BCUT2D eigenvalue weighted by Crippen LogP contribution is -2.56. The molecule has 0 aromatic heterocycles. The van der Waals surface area contributed by atoms with Gasteiger partial charge in [0.1, 0.15) is 12.1 Å². The Labute approximate surface area is 161 Å². The van der Waals surface area contributed by atoms with E-state index in [1.54, 1.807) is 13.8 Å². The van der Waals surface area contributed by atoms with Gasteiger partial charge in [0, 0.05) is 5.75 Å². The molecule has 3 amide bonds. The van der Waals surface area contributed by atoms with E-state index in [9.17, 15) is 24.0 Å². The van der Waals surface area contributed by atoms with Gasteiger partial charge in [0.25, 0.3) is 0 Å². The summed E-state index contributed by atoms with van der Waals surface area (Å²) in [6.45, 7) is 2.99. The summed E-state index contributed by atoms with van der Waals surface area (Å²) in [5.74, 6) is -5.28. The van der Waals surface area contributed by atoms with Crippen molar-refractivity contribution >= 4 is 42.3 Å². The van der Waals surface area contributed by atoms with Crippen LogP contribution in [-0.4, -0.2) is 70.3 Å². The van der Waals surface area contributed by atoms with Gasteiger partial charge in [0.05, 0.1) is 19.0 Å². The number of thiol groups is 1. The molecule has 0 bridgehead atoms. The van der Waals surface area contributed by atoms with Crippen molar-refractivity contribution < 1.29 is 34.2 Å². The van der Waals surface area contributed by atoms with Crippen LogP contribution in [0.1, 0.15) is 26.7 Å². The monoisotopic (exact) mass is 406 g/mol. The van der Waals surface area contributed by atoms with Crippen LogP contribution in [0.15, 0.2) is 0 Å². The first-order valence-electron chi connectivity index (χ1n) is 8.21. The Hall–Kier alpha value is -2.34. The third kappa shape index (κ3) is 9.24. The average Bonchev–Trinajstić information content (AvgIpc) is 2.61. The summed E-state index contributed by atoms with van der Waals surface area (Å²) in [6.07, 6.45) is -0.328. The lowest BCUT2D eigenvalue weighted by Gasteiger charge is -2.25. The Morgan fingerprint density at radius 3 is 2.11 bits per heavy atom. The van der Waals surface area contributed by atoms with Gasteiger partial charge in [-0.05, 0) is 5.92 Å². The maximum atomic E-state index is 12.4. The third-order valence-corrected chi connectivity index (χ3v) is 4.16. The fourth-order valence-corrected chi connectivity index (χ4v) is 2.11. The van der Waals surface area contributed by atoms with Crippen LogP contribution in [0.4, 0.5) is 0 Å². The third-order valence-electron chi connectivity index (χ3n) is 3.76. The number of amides is 3. The summed E-state index contributed by atoms with van der Waals surface area (Å²) in [5.41, 5.74) is 5.46. The Bertz CT molecular complexity index is 572. The van der Waals surface area contributed by atoms with Crippen molar-refractivity contribution in [3.05, 3.63) is 0 Å². The summed E-state index contributed by atoms with van der Waals surface area (Å²) in [7, 11) is 0. The van der Waals surface area contributed by atoms with Gasteiger partial charge in [-0.15, -0.1) is 0 Å². The van der Waals surface area contributed by atoms with E-state index in [1.165, 1.54) is 0 Å². The number of nitrogens with two attached hydrogens (primary N) is 1. The molecule has 0 aliphatic rings. The predicted molar refractivity (Wildman–Crippen MR) is 98.0 cm³/mol. The molecule has 0 rings (SSSR count). The zero-order valence-electron chi connectivity index (χ0n) is 15.1. The molecule has 4 atom stereocenters. The highest BCUT2D eigenvalue weighted by Gasteiger charge is 2.30. The molecule has 11 nitrogen and oxygen atoms in total. The van der Waals surface area contributed by atoms with Gasteiger partial charge in [-0.1, -0.05) is 20.3 Å². The van der Waals surface area contributed by atoms with E-state index >= 15 is 0 Å². The fourth-order valence-electron chi connectivity index (χ4n) is 1.94. The number of aliphatic carboxylic acids is 2. The summed E-state index contributed by atoms with van der Waals surface area (Å²) in [4.78, 5) is 57.7. The largest absolute Gasteiger partial charge is 0.481 e. The number of carboxylic acids is 2. The first-order chi connectivity index (χ1) is 12.5. The van der Waals surface area contributed by atoms with Crippen molar-refractivity contribution in [1.29, 1.82) is 0 Å². The molecule has 7 N–H and O–H groups in total. The minimum absolute atomic E-state index is 0.0888. The van der Waals surface area contributed by atoms with Crippen LogP contribution in [0.5, 0.6) is 0 Å². The molecule has 0 aromatic rings. The topological polar surface area (TPSA) is 188 Å². The normalized spacial score (nSPS) is 15.0. The summed E-state index contributed by atoms with van der Waals surface area (Å²) in [5, 5.41) is 24.6. The molecule has 154 valence electrons. The Kier molecular flexibility index (Phi) is 11.1. The van der Waals surface area contributed by atoms with Crippen molar-refractivity contribution in [2.24, 2.45) is 11.7 Å². The first kappa shape index (κ1) is 24.7. The van der Waals surface area contributed by atoms with Gasteiger partial charge < -0.3 is 31.9 Å². The molecule has 0 fully saturated rings. The maximum absolute atomic E-state index is 12.4. The number of carbonyl (C=O) groups excluding carboxylic acids is 3. The molecule has 12 heteroatoms. The highest BCUT2D eigenvalue weighted by Crippen LogP contribution is 2.09. The van der Waals surface area contributed by atoms with Crippen molar-refractivity contribution in [2.75, 3.05) is 12.3 Å². The summed E-state index contributed by atoms with van der Waals surface area (Å²) < 4.78 is 0. The molecule has 4 unspecified atom stereocenters. The lowest BCUT2D eigenvalue weighted by atomic mass is 9.97. The van der Waals surface area contributed by atoms with Gasteiger partial charge in [0.15, 0.2) is 0 Å². The highest BCUT2D eigenvalue weighted by atomic mass is 32.1. The zero-order chi connectivity index (χ0) is 21.1. The summed E-state index contributed by atoms with van der Waals surface area (Å²) >= 11 is 3.86. The number of nitrogens with one attached hydrogen (secondary N) is 3. The molecule has 0 spiro atoms. The van der Waals surface area contributed by atoms with Crippen molar-refractivity contribution in [3.63, 3.8) is 0 Å². The van der Waals surface area contributed by atoms with Crippen LogP contribution < -0.4 is 21.7 Å². The smallest absolute Gasteiger partial charge is 0.326 e. The van der Waals surface area contributed by atoms with E-state index in [-0.39, 0.29) is 11.7 Å². The molecule has 27 heavy (non-hydrogen) atoms. The second-order valence-electron chi connectivity index (χ2n) is 5.93. The van der Waals surface area contributed by atoms with E-state index < -0.39 is 60.8 Å². The minimum atomic E-state index is -1.63. The molecule has 0 radical (unpaired) electrons. The molecule has 0 aromatic carbocycles. The number of carboxylic acid groups (broad SMARTS) is 2. The van der Waals surface area contributed by atoms with E-state index in [0.717, 1.165) is 0 Å². The quantitative estimate of drug-likeness (QED) is 0.180. The van der Waals surface area contributed by atoms with Gasteiger partial charge in [-0.3, -0.25) is 19.2 Å².